The molecule has 0 amide bonds. The monoisotopic (exact) mass is 882 g/mol. The van der Waals surface area contributed by atoms with Crippen molar-refractivity contribution >= 4 is 71.5 Å². The molecule has 0 bridgehead atoms. The Hall–Kier alpha value is -6.90. The molecule has 2 unspecified atom stereocenters. The average Bonchev–Trinajstić information content (AvgIpc) is 3.41. The lowest BCUT2D eigenvalue weighted by Gasteiger charge is -2.41. The lowest BCUT2D eigenvalue weighted by molar-refractivity contribution is 0.445. The summed E-state index contributed by atoms with van der Waals surface area (Å²) in [5.74, 6) is 1.29. The van der Waals surface area contributed by atoms with Crippen LogP contribution in [0.1, 0.15) is 106 Å². The van der Waals surface area contributed by atoms with Crippen LogP contribution in [0.5, 0.6) is 0 Å². The summed E-state index contributed by atoms with van der Waals surface area (Å²) in [4.78, 5) is 5.23. The van der Waals surface area contributed by atoms with E-state index in [1.807, 2.05) is 6.08 Å². The lowest BCUT2D eigenvalue weighted by Crippen LogP contribution is -2.40. The molecular weight excluding hydrogens is 821 g/mol. The fourth-order valence-corrected chi connectivity index (χ4v) is 12.9. The Balaban J connectivity index is 1.16. The molecule has 0 saturated heterocycles. The predicted octanol–water partition coefficient (Wildman–Crippen LogP) is 18.7. The number of benzene rings is 8. The Morgan fingerprint density at radius 2 is 1.07 bits per heavy atom. The normalized spacial score (nSPS) is 19.1. The zero-order valence-electron chi connectivity index (χ0n) is 39.4. The van der Waals surface area contributed by atoms with Gasteiger partial charge >= 0.3 is 0 Å². The van der Waals surface area contributed by atoms with Gasteiger partial charge in [-0.1, -0.05) is 202 Å². The van der Waals surface area contributed by atoms with Gasteiger partial charge in [0, 0.05) is 33.8 Å². The van der Waals surface area contributed by atoms with Crippen molar-refractivity contribution in [2.45, 2.75) is 94.9 Å². The molecule has 8 aromatic rings. The molecule has 2 atom stereocenters. The van der Waals surface area contributed by atoms with Gasteiger partial charge in [0.25, 0.3) is 0 Å². The first kappa shape index (κ1) is 42.5. The minimum Gasteiger partial charge on any atom is -0.333 e. The number of anilines is 4. The van der Waals surface area contributed by atoms with Crippen molar-refractivity contribution in [2.75, 3.05) is 9.80 Å². The van der Waals surface area contributed by atoms with Gasteiger partial charge in [0.2, 0.25) is 0 Å². The molecule has 0 aromatic heterocycles. The number of fused-ring (bicyclic) bond motifs is 5. The van der Waals surface area contributed by atoms with E-state index in [4.69, 9.17) is 0 Å². The van der Waals surface area contributed by atoms with Crippen LogP contribution in [0.2, 0.25) is 0 Å². The maximum atomic E-state index is 4.30. The maximum Gasteiger partial charge on any atom is 0.0625 e. The van der Waals surface area contributed by atoms with Crippen LogP contribution in [0.3, 0.4) is 0 Å². The van der Waals surface area contributed by atoms with Crippen LogP contribution in [0.4, 0.5) is 22.7 Å². The summed E-state index contributed by atoms with van der Waals surface area (Å²) in [6.07, 6.45) is 31.2. The first-order valence-electron chi connectivity index (χ1n) is 25.7. The van der Waals surface area contributed by atoms with Crippen LogP contribution >= 0.6 is 0 Å². The molecule has 2 saturated carbocycles. The van der Waals surface area contributed by atoms with E-state index in [2.05, 4.69) is 204 Å². The Labute approximate surface area is 403 Å². The average molecular weight is 883 g/mol. The highest BCUT2D eigenvalue weighted by atomic mass is 15.2. The van der Waals surface area contributed by atoms with E-state index in [0.29, 0.717) is 17.8 Å². The lowest BCUT2D eigenvalue weighted by atomic mass is 9.74. The van der Waals surface area contributed by atoms with Crippen LogP contribution in [0, 0.1) is 5.92 Å². The summed E-state index contributed by atoms with van der Waals surface area (Å²) in [5.41, 5.74) is 11.9. The number of hydrogen-bond donors (Lipinski definition) is 0. The van der Waals surface area contributed by atoms with E-state index < -0.39 is 0 Å². The third-order valence-corrected chi connectivity index (χ3v) is 16.0. The van der Waals surface area contributed by atoms with Crippen molar-refractivity contribution in [2.24, 2.45) is 5.92 Å². The van der Waals surface area contributed by atoms with E-state index in [-0.39, 0.29) is 6.04 Å². The number of allylic oxidation sites excluding steroid dienone is 5. The molecule has 2 fully saturated rings. The fourth-order valence-electron chi connectivity index (χ4n) is 12.9. The maximum absolute atomic E-state index is 4.30. The summed E-state index contributed by atoms with van der Waals surface area (Å²) in [6.45, 7) is 4.30. The Morgan fingerprint density at radius 1 is 0.515 bits per heavy atom. The Bertz CT molecular complexity index is 3210. The smallest absolute Gasteiger partial charge is 0.0625 e. The number of rotatable bonds is 10. The highest BCUT2D eigenvalue weighted by molar-refractivity contribution is 6.11. The molecule has 4 aliphatic carbocycles. The van der Waals surface area contributed by atoms with Crippen molar-refractivity contribution in [3.05, 3.63) is 223 Å². The zero-order valence-corrected chi connectivity index (χ0v) is 39.4. The van der Waals surface area contributed by atoms with E-state index in [1.165, 1.54) is 147 Å². The molecule has 0 spiro atoms. The Kier molecular flexibility index (Phi) is 11.6. The van der Waals surface area contributed by atoms with Gasteiger partial charge in [-0.3, -0.25) is 0 Å². The molecule has 8 aromatic carbocycles. The molecule has 0 radical (unpaired) electrons. The molecule has 2 heteroatoms. The molecule has 68 heavy (non-hydrogen) atoms. The van der Waals surface area contributed by atoms with Gasteiger partial charge in [-0.25, -0.2) is 0 Å². The SMILES string of the molecule is C=C/C=C(\c1ccccc1)N(c1ccc2c(C3CCCCC3)c3ccc(N(c4cccc5ccccc45)c4cccc5ccccc45)cc3c(C3CCCCC3)c2c1)C1C=CC=C2CCC=CC21. The van der Waals surface area contributed by atoms with Gasteiger partial charge < -0.3 is 9.80 Å². The predicted molar refractivity (Wildman–Crippen MR) is 293 cm³/mol. The van der Waals surface area contributed by atoms with Gasteiger partial charge in [0.05, 0.1) is 17.4 Å². The minimum absolute atomic E-state index is 0.119. The minimum atomic E-state index is 0.119. The summed E-state index contributed by atoms with van der Waals surface area (Å²) < 4.78 is 0. The zero-order chi connectivity index (χ0) is 45.4. The van der Waals surface area contributed by atoms with Crippen molar-refractivity contribution in [1.29, 1.82) is 0 Å². The second-order valence-corrected chi connectivity index (χ2v) is 19.9. The van der Waals surface area contributed by atoms with E-state index in [0.717, 1.165) is 12.8 Å². The summed E-state index contributed by atoms with van der Waals surface area (Å²) in [7, 11) is 0. The molecular formula is C66H62N2. The van der Waals surface area contributed by atoms with Crippen LogP contribution in [-0.2, 0) is 0 Å². The third-order valence-electron chi connectivity index (χ3n) is 16.0. The highest BCUT2D eigenvalue weighted by Crippen LogP contribution is 2.51. The van der Waals surface area contributed by atoms with Crippen LogP contribution in [-0.4, -0.2) is 6.04 Å². The summed E-state index contributed by atoms with van der Waals surface area (Å²) >= 11 is 0. The standard InChI is InChI=1S/C66H62N2/c1-2-21-61(49-25-6-3-7-26-49)67(62-37-18-31-46-22-12-15-34-54(46)62)52-40-42-57-59(44-52)66(51-29-10-5-11-30-51)60-45-53(41-43-58(60)65(57)50-27-8-4-9-28-50)68(63-38-19-32-47-23-13-16-35-55(47)63)64-39-20-33-48-24-14-17-36-56(48)64/h2-3,6-7,13-21,23-26,31-45,50-51,54,62H,1,4-5,8-12,22,27-30H2/b61-21+. The number of hydrogen-bond acceptors (Lipinski definition) is 2. The fraction of sp³-hybridized carbons (Fsp3) is 0.242. The second-order valence-electron chi connectivity index (χ2n) is 19.9. The van der Waals surface area contributed by atoms with Gasteiger partial charge in [-0.2, -0.15) is 0 Å². The first-order chi connectivity index (χ1) is 33.7. The second kappa shape index (κ2) is 18.6. The third kappa shape index (κ3) is 7.69. The molecule has 0 N–H and O–H groups in total. The van der Waals surface area contributed by atoms with Gasteiger partial charge in [0.1, 0.15) is 0 Å². The largest absolute Gasteiger partial charge is 0.333 e. The van der Waals surface area contributed by atoms with Gasteiger partial charge in [0.15, 0.2) is 0 Å². The highest BCUT2D eigenvalue weighted by Gasteiger charge is 2.34. The van der Waals surface area contributed by atoms with Crippen LogP contribution in [0.25, 0.3) is 48.8 Å². The van der Waals surface area contributed by atoms with Crippen molar-refractivity contribution in [3.63, 3.8) is 0 Å². The van der Waals surface area contributed by atoms with E-state index >= 15 is 0 Å². The van der Waals surface area contributed by atoms with Gasteiger partial charge in [-0.15, -0.1) is 0 Å². The summed E-state index contributed by atoms with van der Waals surface area (Å²) in [6, 6.07) is 57.9. The number of nitrogens with zero attached hydrogens (tertiary/aromatic N) is 2. The van der Waals surface area contributed by atoms with Crippen LogP contribution in [0.15, 0.2) is 206 Å². The quantitative estimate of drug-likeness (QED) is 0.0767. The topological polar surface area (TPSA) is 6.48 Å². The van der Waals surface area contributed by atoms with Gasteiger partial charge in [-0.05, 0) is 142 Å². The van der Waals surface area contributed by atoms with Crippen molar-refractivity contribution in [1.82, 2.24) is 0 Å². The van der Waals surface area contributed by atoms with Crippen molar-refractivity contribution < 1.29 is 0 Å². The molecule has 4 aliphatic rings. The van der Waals surface area contributed by atoms with E-state index in [9.17, 15) is 0 Å². The molecule has 0 aliphatic heterocycles. The molecule has 12 rings (SSSR count). The molecule has 0 heterocycles. The Morgan fingerprint density at radius 3 is 1.71 bits per heavy atom. The molecule has 2 nitrogen and oxygen atoms in total. The van der Waals surface area contributed by atoms with Crippen LogP contribution < -0.4 is 9.80 Å². The first-order valence-corrected chi connectivity index (χ1v) is 25.7. The summed E-state index contributed by atoms with van der Waals surface area (Å²) in [5, 5.41) is 10.8. The van der Waals surface area contributed by atoms with E-state index in [1.54, 1.807) is 11.1 Å². The van der Waals surface area contributed by atoms with Crippen molar-refractivity contribution in [3.8, 4) is 0 Å². The molecule has 336 valence electrons.